The molecule has 0 bridgehead atoms. The van der Waals surface area contributed by atoms with Gasteiger partial charge in [0.25, 0.3) is 0 Å². The summed E-state index contributed by atoms with van der Waals surface area (Å²) < 4.78 is 5.95. The molecule has 6 nitrogen and oxygen atoms in total. The molecule has 2 aromatic carbocycles. The van der Waals surface area contributed by atoms with E-state index in [0.717, 1.165) is 31.9 Å². The SMILES string of the molecule is CN1CCCC(N2CCN(CC(=O)Nc3ccccc3Oc3ccccc3)CC2)C1. The monoisotopic (exact) mass is 408 g/mol. The first-order valence-corrected chi connectivity index (χ1v) is 10.9. The Balaban J connectivity index is 1.27. The van der Waals surface area contributed by atoms with Gasteiger partial charge in [-0.15, -0.1) is 0 Å². The van der Waals surface area contributed by atoms with Gasteiger partial charge in [-0.3, -0.25) is 14.6 Å². The van der Waals surface area contributed by atoms with Gasteiger partial charge in [0.2, 0.25) is 5.91 Å². The van der Waals surface area contributed by atoms with Crippen molar-refractivity contribution >= 4 is 11.6 Å². The van der Waals surface area contributed by atoms with Gasteiger partial charge in [-0.1, -0.05) is 30.3 Å². The van der Waals surface area contributed by atoms with E-state index >= 15 is 0 Å². The van der Waals surface area contributed by atoms with E-state index in [2.05, 4.69) is 27.1 Å². The number of amides is 1. The van der Waals surface area contributed by atoms with Crippen LogP contribution in [0.2, 0.25) is 0 Å². The first kappa shape index (κ1) is 20.8. The van der Waals surface area contributed by atoms with Crippen LogP contribution in [0.15, 0.2) is 54.6 Å². The molecule has 2 aromatic rings. The molecule has 0 aromatic heterocycles. The lowest BCUT2D eigenvalue weighted by Gasteiger charge is -2.42. The molecule has 0 radical (unpaired) electrons. The molecule has 1 amide bonds. The van der Waals surface area contributed by atoms with Gasteiger partial charge in [0.15, 0.2) is 5.75 Å². The smallest absolute Gasteiger partial charge is 0.238 e. The number of hydrogen-bond donors (Lipinski definition) is 1. The van der Waals surface area contributed by atoms with Gasteiger partial charge in [-0.05, 0) is 50.7 Å². The number of hydrogen-bond acceptors (Lipinski definition) is 5. The third-order valence-corrected chi connectivity index (χ3v) is 6.02. The van der Waals surface area contributed by atoms with Crippen LogP contribution in [-0.2, 0) is 4.79 Å². The quantitative estimate of drug-likeness (QED) is 0.796. The fraction of sp³-hybridized carbons (Fsp3) is 0.458. The number of likely N-dealkylation sites (tertiary alicyclic amines) is 1. The van der Waals surface area contributed by atoms with Crippen molar-refractivity contribution in [1.29, 1.82) is 0 Å². The Morgan fingerprint density at radius 1 is 1.00 bits per heavy atom. The molecular formula is C24H32N4O2. The zero-order valence-electron chi connectivity index (χ0n) is 17.8. The number of carbonyl (C=O) groups excluding carboxylic acids is 1. The highest BCUT2D eigenvalue weighted by Gasteiger charge is 2.27. The predicted molar refractivity (Wildman–Crippen MR) is 120 cm³/mol. The van der Waals surface area contributed by atoms with Crippen molar-refractivity contribution in [3.05, 3.63) is 54.6 Å². The normalized spacial score (nSPS) is 21.3. The highest BCUT2D eigenvalue weighted by molar-refractivity contribution is 5.93. The van der Waals surface area contributed by atoms with Crippen LogP contribution in [0.25, 0.3) is 0 Å². The third kappa shape index (κ3) is 5.59. The minimum atomic E-state index is 0.00459. The lowest BCUT2D eigenvalue weighted by Crippen LogP contribution is -2.55. The van der Waals surface area contributed by atoms with Gasteiger partial charge in [-0.2, -0.15) is 0 Å². The maximum Gasteiger partial charge on any atom is 0.238 e. The molecule has 1 atom stereocenters. The van der Waals surface area contributed by atoms with Gasteiger partial charge in [-0.25, -0.2) is 0 Å². The molecule has 0 aliphatic carbocycles. The van der Waals surface area contributed by atoms with Crippen LogP contribution < -0.4 is 10.1 Å². The van der Waals surface area contributed by atoms with E-state index in [1.54, 1.807) is 0 Å². The molecule has 2 aliphatic rings. The zero-order chi connectivity index (χ0) is 20.8. The summed E-state index contributed by atoms with van der Waals surface area (Å²) in [6.07, 6.45) is 2.58. The van der Waals surface area contributed by atoms with E-state index < -0.39 is 0 Å². The van der Waals surface area contributed by atoms with E-state index in [1.165, 1.54) is 25.9 Å². The Bertz CT molecular complexity index is 821. The van der Waals surface area contributed by atoms with Gasteiger partial charge in [0, 0.05) is 38.8 Å². The summed E-state index contributed by atoms with van der Waals surface area (Å²) in [5.74, 6) is 1.41. The number of likely N-dealkylation sites (N-methyl/N-ethyl adjacent to an activating group) is 1. The van der Waals surface area contributed by atoms with E-state index in [-0.39, 0.29) is 5.91 Å². The van der Waals surface area contributed by atoms with E-state index in [0.29, 0.717) is 24.0 Å². The lowest BCUT2D eigenvalue weighted by atomic mass is 10.0. The number of carbonyl (C=O) groups is 1. The number of rotatable bonds is 6. The summed E-state index contributed by atoms with van der Waals surface area (Å²) >= 11 is 0. The molecule has 30 heavy (non-hydrogen) atoms. The molecule has 2 heterocycles. The van der Waals surface area contributed by atoms with Gasteiger partial charge in [0.05, 0.1) is 12.2 Å². The van der Waals surface area contributed by atoms with E-state index in [9.17, 15) is 4.79 Å². The summed E-state index contributed by atoms with van der Waals surface area (Å²) in [4.78, 5) is 20.0. The van der Waals surface area contributed by atoms with Crippen molar-refractivity contribution in [2.45, 2.75) is 18.9 Å². The number of piperidine rings is 1. The Hall–Kier alpha value is -2.41. The predicted octanol–water partition coefficient (Wildman–Crippen LogP) is 3.13. The first-order valence-electron chi connectivity index (χ1n) is 10.9. The van der Waals surface area contributed by atoms with Crippen LogP contribution in [0.3, 0.4) is 0 Å². The van der Waals surface area contributed by atoms with Crippen LogP contribution in [0.4, 0.5) is 5.69 Å². The lowest BCUT2D eigenvalue weighted by molar-refractivity contribution is -0.117. The number of anilines is 1. The van der Waals surface area contributed by atoms with Crippen LogP contribution in [0.5, 0.6) is 11.5 Å². The second-order valence-corrected chi connectivity index (χ2v) is 8.33. The Morgan fingerprint density at radius 3 is 2.50 bits per heavy atom. The van der Waals surface area contributed by atoms with Crippen molar-refractivity contribution in [2.24, 2.45) is 0 Å². The summed E-state index contributed by atoms with van der Waals surface area (Å²) in [5, 5.41) is 3.03. The Kier molecular flexibility index (Phi) is 7.00. The molecule has 2 saturated heterocycles. The second-order valence-electron chi connectivity index (χ2n) is 8.33. The minimum Gasteiger partial charge on any atom is -0.455 e. The summed E-state index contributed by atoms with van der Waals surface area (Å²) in [6.45, 7) is 6.76. The number of ether oxygens (including phenoxy) is 1. The molecule has 1 unspecified atom stereocenters. The van der Waals surface area contributed by atoms with Crippen LogP contribution >= 0.6 is 0 Å². The van der Waals surface area contributed by atoms with Crippen LogP contribution in [-0.4, -0.2) is 79.5 Å². The topological polar surface area (TPSA) is 48.0 Å². The fourth-order valence-corrected chi connectivity index (χ4v) is 4.39. The zero-order valence-corrected chi connectivity index (χ0v) is 17.8. The number of piperazine rings is 1. The molecule has 4 rings (SSSR count). The number of nitrogens with one attached hydrogen (secondary N) is 1. The van der Waals surface area contributed by atoms with Crippen molar-refractivity contribution in [3.8, 4) is 11.5 Å². The molecule has 160 valence electrons. The van der Waals surface area contributed by atoms with Gasteiger partial charge >= 0.3 is 0 Å². The Labute approximate surface area is 179 Å². The van der Waals surface area contributed by atoms with E-state index in [4.69, 9.17) is 4.74 Å². The minimum absolute atomic E-state index is 0.00459. The number of para-hydroxylation sites is 3. The average Bonchev–Trinajstić information content (AvgIpc) is 2.76. The summed E-state index contributed by atoms with van der Waals surface area (Å²) in [5.41, 5.74) is 0.704. The summed E-state index contributed by atoms with van der Waals surface area (Å²) in [7, 11) is 2.21. The van der Waals surface area contributed by atoms with Gasteiger partial charge < -0.3 is 15.0 Å². The number of nitrogens with zero attached hydrogens (tertiary/aromatic N) is 3. The van der Waals surface area contributed by atoms with Crippen molar-refractivity contribution in [3.63, 3.8) is 0 Å². The Morgan fingerprint density at radius 2 is 1.73 bits per heavy atom. The molecule has 2 aliphatic heterocycles. The summed E-state index contributed by atoms with van der Waals surface area (Å²) in [6, 6.07) is 17.9. The highest BCUT2D eigenvalue weighted by atomic mass is 16.5. The molecular weight excluding hydrogens is 376 g/mol. The third-order valence-electron chi connectivity index (χ3n) is 6.02. The van der Waals surface area contributed by atoms with Crippen molar-refractivity contribution < 1.29 is 9.53 Å². The van der Waals surface area contributed by atoms with Gasteiger partial charge in [0.1, 0.15) is 5.75 Å². The first-order chi connectivity index (χ1) is 14.7. The van der Waals surface area contributed by atoms with Crippen molar-refractivity contribution in [1.82, 2.24) is 14.7 Å². The highest BCUT2D eigenvalue weighted by Crippen LogP contribution is 2.29. The van der Waals surface area contributed by atoms with E-state index in [1.807, 2.05) is 54.6 Å². The molecule has 6 heteroatoms. The standard InChI is InChI=1S/C24H32N4O2/c1-26-13-7-8-20(18-26)28-16-14-27(15-17-28)19-24(29)25-22-11-5-6-12-23(22)30-21-9-3-2-4-10-21/h2-6,9-12,20H,7-8,13-19H2,1H3,(H,25,29). The maximum atomic E-state index is 12.7. The fourth-order valence-electron chi connectivity index (χ4n) is 4.39. The van der Waals surface area contributed by atoms with Crippen LogP contribution in [0, 0.1) is 0 Å². The average molecular weight is 409 g/mol. The largest absolute Gasteiger partial charge is 0.455 e. The second kappa shape index (κ2) is 10.1. The maximum absolute atomic E-state index is 12.7. The number of benzene rings is 2. The molecule has 1 N–H and O–H groups in total. The van der Waals surface area contributed by atoms with Crippen molar-refractivity contribution in [2.75, 3.05) is 58.2 Å². The van der Waals surface area contributed by atoms with Crippen LogP contribution in [0.1, 0.15) is 12.8 Å². The molecule has 2 fully saturated rings. The molecule has 0 saturated carbocycles. The molecule has 0 spiro atoms.